The van der Waals surface area contributed by atoms with Crippen molar-refractivity contribution < 1.29 is 0 Å². The van der Waals surface area contributed by atoms with Crippen LogP contribution in [0.15, 0.2) is 67.8 Å². The summed E-state index contributed by atoms with van der Waals surface area (Å²) in [6.07, 6.45) is 0. The summed E-state index contributed by atoms with van der Waals surface area (Å²) in [5, 5.41) is 2.36. The van der Waals surface area contributed by atoms with Crippen molar-refractivity contribution >= 4 is 50.8 Å². The Morgan fingerprint density at radius 2 is 1.47 bits per heavy atom. The summed E-state index contributed by atoms with van der Waals surface area (Å²) < 4.78 is 1.09. The molecule has 0 aliphatic heterocycles. The monoisotopic (exact) mass is 321 g/mol. The van der Waals surface area contributed by atoms with Crippen LogP contribution >= 0.6 is 39.9 Å². The predicted octanol–water partition coefficient (Wildman–Crippen LogP) is 5.33. The van der Waals surface area contributed by atoms with Crippen LogP contribution < -0.4 is 0 Å². The highest BCUT2D eigenvalue weighted by atomic mass is 79.9. The molecule has 0 saturated heterocycles. The zero-order valence-electron chi connectivity index (χ0n) is 8.76. The molecule has 0 N–H and O–H groups in total. The molecule has 2 aromatic rings. The van der Waals surface area contributed by atoms with E-state index in [0.29, 0.717) is 0 Å². The summed E-state index contributed by atoms with van der Waals surface area (Å²) in [4.78, 5) is 6.30. The molecule has 17 heavy (non-hydrogen) atoms. The molecule has 4 heteroatoms. The van der Waals surface area contributed by atoms with Gasteiger partial charge in [-0.05, 0) is 60.7 Å². The number of hydrogen-bond donors (Lipinski definition) is 0. The maximum atomic E-state index is 4.56. The molecule has 0 aromatic heterocycles. The number of isothiocyanates is 1. The fourth-order valence-corrected chi connectivity index (χ4v) is 2.47. The topological polar surface area (TPSA) is 12.4 Å². The van der Waals surface area contributed by atoms with Gasteiger partial charge in [-0.15, -0.1) is 0 Å². The van der Waals surface area contributed by atoms with Gasteiger partial charge in [0, 0.05) is 14.3 Å². The van der Waals surface area contributed by atoms with Crippen molar-refractivity contribution in [1.82, 2.24) is 0 Å². The molecule has 0 radical (unpaired) electrons. The third-order valence-corrected chi connectivity index (χ3v) is 3.70. The van der Waals surface area contributed by atoms with E-state index in [2.05, 4.69) is 50.4 Å². The van der Waals surface area contributed by atoms with Crippen molar-refractivity contribution in [2.24, 2.45) is 4.99 Å². The number of nitrogens with zero attached hydrogens (tertiary/aromatic N) is 1. The Kier molecular flexibility index (Phi) is 4.51. The summed E-state index contributed by atoms with van der Waals surface area (Å²) in [5.41, 5.74) is 0.833. The lowest BCUT2D eigenvalue weighted by atomic mass is 10.3. The predicted molar refractivity (Wildman–Crippen MR) is 79.4 cm³/mol. The van der Waals surface area contributed by atoms with E-state index in [0.717, 1.165) is 10.2 Å². The highest BCUT2D eigenvalue weighted by Gasteiger charge is 1.97. The third kappa shape index (κ3) is 3.79. The van der Waals surface area contributed by atoms with Crippen molar-refractivity contribution in [3.63, 3.8) is 0 Å². The smallest absolute Gasteiger partial charge is 0.0740 e. The SMILES string of the molecule is S=C=Nc1ccc(Sc2ccc(Br)cc2)cc1. The van der Waals surface area contributed by atoms with E-state index >= 15 is 0 Å². The van der Waals surface area contributed by atoms with Crippen LogP contribution in [0.3, 0.4) is 0 Å². The summed E-state index contributed by atoms with van der Waals surface area (Å²) in [6, 6.07) is 16.1. The molecular formula is C13H8BrNS2. The standard InChI is InChI=1S/C13H8BrNS2/c14-10-1-5-12(6-2-10)17-13-7-3-11(4-8-13)15-9-16/h1-8H. The number of thiocarbonyl (C=S) groups is 1. The Morgan fingerprint density at radius 1 is 0.941 bits per heavy atom. The average Bonchev–Trinajstić information content (AvgIpc) is 2.35. The van der Waals surface area contributed by atoms with Gasteiger partial charge in [0.15, 0.2) is 0 Å². The largest absolute Gasteiger partial charge is 0.195 e. The van der Waals surface area contributed by atoms with Crippen LogP contribution in [-0.2, 0) is 0 Å². The van der Waals surface area contributed by atoms with E-state index in [1.54, 1.807) is 11.8 Å². The Balaban J connectivity index is 2.13. The van der Waals surface area contributed by atoms with Gasteiger partial charge in [-0.3, -0.25) is 0 Å². The molecule has 2 aromatic carbocycles. The van der Waals surface area contributed by atoms with Crippen molar-refractivity contribution in [1.29, 1.82) is 0 Å². The second-order valence-electron chi connectivity index (χ2n) is 3.25. The van der Waals surface area contributed by atoms with Crippen LogP contribution in [0.2, 0.25) is 0 Å². The Morgan fingerprint density at radius 3 is 2.00 bits per heavy atom. The van der Waals surface area contributed by atoms with Crippen molar-refractivity contribution in [2.45, 2.75) is 9.79 Å². The van der Waals surface area contributed by atoms with Gasteiger partial charge in [0.05, 0.1) is 10.8 Å². The molecule has 0 spiro atoms. The first-order valence-corrected chi connectivity index (χ1v) is 6.91. The highest BCUT2D eigenvalue weighted by Crippen LogP contribution is 2.29. The zero-order chi connectivity index (χ0) is 12.1. The van der Waals surface area contributed by atoms with Crippen molar-refractivity contribution in [3.8, 4) is 0 Å². The molecule has 0 saturated carbocycles. The number of benzene rings is 2. The molecule has 1 nitrogen and oxygen atoms in total. The van der Waals surface area contributed by atoms with Crippen LogP contribution in [0.5, 0.6) is 0 Å². The first-order chi connectivity index (χ1) is 8.28. The van der Waals surface area contributed by atoms with E-state index in [4.69, 9.17) is 0 Å². The van der Waals surface area contributed by atoms with Crippen molar-refractivity contribution in [3.05, 3.63) is 53.0 Å². The molecule has 0 fully saturated rings. The van der Waals surface area contributed by atoms with Gasteiger partial charge >= 0.3 is 0 Å². The van der Waals surface area contributed by atoms with E-state index in [1.807, 2.05) is 36.4 Å². The Hall–Kier alpha value is -0.930. The second kappa shape index (κ2) is 6.12. The maximum Gasteiger partial charge on any atom is 0.0740 e. The van der Waals surface area contributed by atoms with Crippen LogP contribution in [-0.4, -0.2) is 5.16 Å². The first-order valence-electron chi connectivity index (χ1n) is 4.89. The lowest BCUT2D eigenvalue weighted by Crippen LogP contribution is -1.73. The summed E-state index contributed by atoms with van der Waals surface area (Å²) in [6.45, 7) is 0. The second-order valence-corrected chi connectivity index (χ2v) is 5.50. The fraction of sp³-hybridized carbons (Fsp3) is 0. The fourth-order valence-electron chi connectivity index (χ4n) is 1.28. The van der Waals surface area contributed by atoms with Gasteiger partial charge in [-0.1, -0.05) is 27.7 Å². The maximum absolute atomic E-state index is 4.56. The average molecular weight is 322 g/mol. The highest BCUT2D eigenvalue weighted by molar-refractivity contribution is 9.10. The van der Waals surface area contributed by atoms with E-state index in [9.17, 15) is 0 Å². The molecule has 0 heterocycles. The number of rotatable bonds is 3. The van der Waals surface area contributed by atoms with Crippen LogP contribution in [0, 0.1) is 0 Å². The minimum atomic E-state index is 0.833. The van der Waals surface area contributed by atoms with Crippen LogP contribution in [0.4, 0.5) is 5.69 Å². The molecular weight excluding hydrogens is 314 g/mol. The number of hydrogen-bond acceptors (Lipinski definition) is 3. The molecule has 84 valence electrons. The molecule has 0 amide bonds. The molecule has 2 rings (SSSR count). The van der Waals surface area contributed by atoms with E-state index in [1.165, 1.54) is 9.79 Å². The zero-order valence-corrected chi connectivity index (χ0v) is 12.0. The van der Waals surface area contributed by atoms with Gasteiger partial charge in [-0.25, -0.2) is 0 Å². The van der Waals surface area contributed by atoms with Gasteiger partial charge < -0.3 is 0 Å². The van der Waals surface area contributed by atoms with Gasteiger partial charge in [0.2, 0.25) is 0 Å². The normalized spacial score (nSPS) is 9.71. The Labute approximate surface area is 118 Å². The van der Waals surface area contributed by atoms with Crippen LogP contribution in [0.25, 0.3) is 0 Å². The van der Waals surface area contributed by atoms with E-state index in [-0.39, 0.29) is 0 Å². The molecule has 0 bridgehead atoms. The van der Waals surface area contributed by atoms with Gasteiger partial charge in [0.1, 0.15) is 0 Å². The lowest BCUT2D eigenvalue weighted by Gasteiger charge is -2.01. The quantitative estimate of drug-likeness (QED) is 0.559. The van der Waals surface area contributed by atoms with Crippen molar-refractivity contribution in [2.75, 3.05) is 0 Å². The first kappa shape index (κ1) is 12.5. The third-order valence-electron chi connectivity index (χ3n) is 2.06. The van der Waals surface area contributed by atoms with E-state index < -0.39 is 0 Å². The summed E-state index contributed by atoms with van der Waals surface area (Å²) in [5.74, 6) is 0. The molecule has 0 atom stereocenters. The molecule has 0 unspecified atom stereocenters. The van der Waals surface area contributed by atoms with Crippen LogP contribution in [0.1, 0.15) is 0 Å². The molecule has 0 aliphatic rings. The Bertz CT molecular complexity index is 543. The summed E-state index contributed by atoms with van der Waals surface area (Å²) >= 11 is 9.69. The number of aliphatic imine (C=N–C) groups is 1. The lowest BCUT2D eigenvalue weighted by molar-refractivity contribution is 1.39. The minimum Gasteiger partial charge on any atom is -0.195 e. The number of halogens is 1. The molecule has 0 aliphatic carbocycles. The van der Waals surface area contributed by atoms with Gasteiger partial charge in [0.25, 0.3) is 0 Å². The minimum absolute atomic E-state index is 0.833. The van der Waals surface area contributed by atoms with Gasteiger partial charge in [-0.2, -0.15) is 4.99 Å². The summed E-state index contributed by atoms with van der Waals surface area (Å²) in [7, 11) is 0.